The van der Waals surface area contributed by atoms with Gasteiger partial charge in [-0.1, -0.05) is 0 Å². The Labute approximate surface area is 94.0 Å². The van der Waals surface area contributed by atoms with Crippen molar-refractivity contribution in [1.29, 1.82) is 0 Å². The zero-order valence-electron chi connectivity index (χ0n) is 9.41. The minimum absolute atomic E-state index is 0.131. The average Bonchev–Trinajstić information content (AvgIpc) is 2.21. The van der Waals surface area contributed by atoms with Crippen LogP contribution in [-0.4, -0.2) is 24.1 Å². The number of ether oxygens (including phenoxy) is 1. The van der Waals surface area contributed by atoms with Gasteiger partial charge in [-0.3, -0.25) is 14.4 Å². The Bertz CT molecular complexity index is 388. The zero-order valence-corrected chi connectivity index (χ0v) is 9.41. The van der Waals surface area contributed by atoms with Crippen molar-refractivity contribution in [2.75, 3.05) is 6.61 Å². The molecule has 0 aromatic rings. The molecule has 0 N–H and O–H groups in total. The van der Waals surface area contributed by atoms with Crippen molar-refractivity contribution in [3.05, 3.63) is 23.3 Å². The maximum atomic E-state index is 11.6. The van der Waals surface area contributed by atoms with Crippen molar-refractivity contribution in [2.45, 2.75) is 26.7 Å². The Morgan fingerprint density at radius 3 is 2.62 bits per heavy atom. The minimum Gasteiger partial charge on any atom is -0.466 e. The molecular weight excluding hydrogens is 208 g/mol. The molecule has 0 bridgehead atoms. The van der Waals surface area contributed by atoms with Gasteiger partial charge in [-0.2, -0.15) is 0 Å². The van der Waals surface area contributed by atoms with Gasteiger partial charge in [0.15, 0.2) is 11.6 Å². The van der Waals surface area contributed by atoms with E-state index in [-0.39, 0.29) is 30.4 Å². The van der Waals surface area contributed by atoms with Crippen molar-refractivity contribution in [1.82, 2.24) is 0 Å². The smallest absolute Gasteiger partial charge is 0.306 e. The Hall–Kier alpha value is -1.71. The summed E-state index contributed by atoms with van der Waals surface area (Å²) in [5.41, 5.74) is 0.810. The van der Waals surface area contributed by atoms with Crippen LogP contribution in [0, 0.1) is 0 Å². The van der Waals surface area contributed by atoms with Crippen LogP contribution in [0.5, 0.6) is 0 Å². The Kier molecular flexibility index (Phi) is 4.17. The van der Waals surface area contributed by atoms with Crippen molar-refractivity contribution < 1.29 is 19.1 Å². The predicted octanol–water partition coefficient (Wildman–Crippen LogP) is 1.35. The maximum absolute atomic E-state index is 11.6. The predicted molar refractivity (Wildman–Crippen MR) is 57.7 cm³/mol. The van der Waals surface area contributed by atoms with E-state index in [0.717, 1.165) is 0 Å². The number of esters is 1. The van der Waals surface area contributed by atoms with Gasteiger partial charge in [-0.25, -0.2) is 0 Å². The molecule has 0 atom stereocenters. The lowest BCUT2D eigenvalue weighted by Crippen LogP contribution is -2.14. The second-order valence-corrected chi connectivity index (χ2v) is 3.53. The largest absolute Gasteiger partial charge is 0.466 e. The summed E-state index contributed by atoms with van der Waals surface area (Å²) in [4.78, 5) is 33.9. The van der Waals surface area contributed by atoms with Crippen molar-refractivity contribution in [3.63, 3.8) is 0 Å². The van der Waals surface area contributed by atoms with Gasteiger partial charge in [0.05, 0.1) is 6.61 Å². The summed E-state index contributed by atoms with van der Waals surface area (Å²) in [7, 11) is 0. The minimum atomic E-state index is -0.351. The SMILES string of the molecule is CCOC(=O)CCC1=CC(=O)C=C(C)C1=O. The summed E-state index contributed by atoms with van der Waals surface area (Å²) in [5.74, 6) is -0.712. The van der Waals surface area contributed by atoms with Crippen LogP contribution in [0.3, 0.4) is 0 Å². The first-order chi connectivity index (χ1) is 7.54. The van der Waals surface area contributed by atoms with E-state index in [4.69, 9.17) is 4.74 Å². The van der Waals surface area contributed by atoms with Gasteiger partial charge in [-0.05, 0) is 32.4 Å². The van der Waals surface area contributed by atoms with Crippen LogP contribution >= 0.6 is 0 Å². The molecule has 0 aromatic heterocycles. The van der Waals surface area contributed by atoms with E-state index in [2.05, 4.69) is 0 Å². The topological polar surface area (TPSA) is 60.4 Å². The van der Waals surface area contributed by atoms with Gasteiger partial charge in [-0.15, -0.1) is 0 Å². The van der Waals surface area contributed by atoms with Crippen LogP contribution in [0.25, 0.3) is 0 Å². The number of carbonyl (C=O) groups excluding carboxylic acids is 3. The van der Waals surface area contributed by atoms with Crippen molar-refractivity contribution in [3.8, 4) is 0 Å². The van der Waals surface area contributed by atoms with E-state index in [1.165, 1.54) is 12.2 Å². The van der Waals surface area contributed by atoms with E-state index in [1.54, 1.807) is 13.8 Å². The highest BCUT2D eigenvalue weighted by atomic mass is 16.5. The maximum Gasteiger partial charge on any atom is 0.306 e. The van der Waals surface area contributed by atoms with Gasteiger partial charge in [0.1, 0.15) is 0 Å². The molecule has 1 aliphatic rings. The molecule has 0 radical (unpaired) electrons. The molecule has 0 saturated carbocycles. The van der Waals surface area contributed by atoms with E-state index in [9.17, 15) is 14.4 Å². The monoisotopic (exact) mass is 222 g/mol. The third-order valence-electron chi connectivity index (χ3n) is 2.23. The van der Waals surface area contributed by atoms with Crippen LogP contribution in [-0.2, 0) is 19.1 Å². The molecular formula is C12H14O4. The van der Waals surface area contributed by atoms with Gasteiger partial charge >= 0.3 is 5.97 Å². The quantitative estimate of drug-likeness (QED) is 0.532. The molecule has 16 heavy (non-hydrogen) atoms. The molecule has 0 aromatic carbocycles. The molecule has 0 aliphatic heterocycles. The van der Waals surface area contributed by atoms with Crippen molar-refractivity contribution >= 4 is 17.5 Å². The molecule has 0 unspecified atom stereocenters. The van der Waals surface area contributed by atoms with Gasteiger partial charge < -0.3 is 4.74 Å². The number of allylic oxidation sites excluding steroid dienone is 4. The fraction of sp³-hybridized carbons (Fsp3) is 0.417. The Morgan fingerprint density at radius 1 is 1.31 bits per heavy atom. The van der Waals surface area contributed by atoms with Crippen LogP contribution in [0.15, 0.2) is 23.3 Å². The third-order valence-corrected chi connectivity index (χ3v) is 2.23. The molecule has 86 valence electrons. The van der Waals surface area contributed by atoms with Gasteiger partial charge in [0.25, 0.3) is 0 Å². The second kappa shape index (κ2) is 5.39. The first kappa shape index (κ1) is 12.4. The van der Waals surface area contributed by atoms with E-state index >= 15 is 0 Å². The highest BCUT2D eigenvalue weighted by Crippen LogP contribution is 2.17. The fourth-order valence-electron chi connectivity index (χ4n) is 1.47. The molecule has 0 amide bonds. The number of rotatable bonds is 4. The van der Waals surface area contributed by atoms with Crippen molar-refractivity contribution in [2.24, 2.45) is 0 Å². The average molecular weight is 222 g/mol. The van der Waals surface area contributed by atoms with Crippen LogP contribution < -0.4 is 0 Å². The molecule has 0 fully saturated rings. The summed E-state index contributed by atoms with van der Waals surface area (Å²) < 4.78 is 4.74. The first-order valence-electron chi connectivity index (χ1n) is 5.17. The third kappa shape index (κ3) is 3.15. The molecule has 4 heteroatoms. The Balaban J connectivity index is 2.58. The lowest BCUT2D eigenvalue weighted by Gasteiger charge is -2.09. The number of hydrogen-bond donors (Lipinski definition) is 0. The number of ketones is 2. The summed E-state index contributed by atoms with van der Waals surface area (Å²) in [6, 6.07) is 0. The number of carbonyl (C=O) groups is 3. The fourth-order valence-corrected chi connectivity index (χ4v) is 1.47. The van der Waals surface area contributed by atoms with E-state index in [1.807, 2.05) is 0 Å². The molecule has 0 spiro atoms. The molecule has 1 rings (SSSR count). The van der Waals surface area contributed by atoms with Crippen LogP contribution in [0.4, 0.5) is 0 Å². The lowest BCUT2D eigenvalue weighted by atomic mass is 9.94. The van der Waals surface area contributed by atoms with E-state index in [0.29, 0.717) is 17.8 Å². The summed E-state index contributed by atoms with van der Waals surface area (Å²) in [6.45, 7) is 3.64. The summed E-state index contributed by atoms with van der Waals surface area (Å²) in [5, 5.41) is 0. The molecule has 4 nitrogen and oxygen atoms in total. The Morgan fingerprint density at radius 2 is 2.00 bits per heavy atom. The molecule has 0 saturated heterocycles. The second-order valence-electron chi connectivity index (χ2n) is 3.53. The number of Topliss-reactive ketones (excluding diaryl/α,β-unsaturated/α-hetero) is 1. The van der Waals surface area contributed by atoms with Gasteiger partial charge in [0.2, 0.25) is 0 Å². The van der Waals surface area contributed by atoms with Crippen LogP contribution in [0.1, 0.15) is 26.7 Å². The van der Waals surface area contributed by atoms with E-state index < -0.39 is 0 Å². The highest BCUT2D eigenvalue weighted by Gasteiger charge is 2.19. The standard InChI is InChI=1S/C12H14O4/c1-3-16-11(14)5-4-9-7-10(13)6-8(2)12(9)15/h6-7H,3-5H2,1-2H3. The lowest BCUT2D eigenvalue weighted by molar-refractivity contribution is -0.143. The summed E-state index contributed by atoms with van der Waals surface area (Å²) >= 11 is 0. The highest BCUT2D eigenvalue weighted by molar-refractivity contribution is 6.20. The van der Waals surface area contributed by atoms with Gasteiger partial charge in [0, 0.05) is 17.6 Å². The normalized spacial score (nSPS) is 15.6. The molecule has 1 aliphatic carbocycles. The molecule has 0 heterocycles. The zero-order chi connectivity index (χ0) is 12.1. The summed E-state index contributed by atoms with van der Waals surface area (Å²) in [6.07, 6.45) is 2.98. The first-order valence-corrected chi connectivity index (χ1v) is 5.17. The van der Waals surface area contributed by atoms with Crippen LogP contribution in [0.2, 0.25) is 0 Å². The number of hydrogen-bond acceptors (Lipinski definition) is 4.